The number of benzene rings is 1. The van der Waals surface area contributed by atoms with Crippen LogP contribution in [-0.2, 0) is 0 Å². The van der Waals surface area contributed by atoms with Crippen molar-refractivity contribution in [1.82, 2.24) is 14.7 Å². The summed E-state index contributed by atoms with van der Waals surface area (Å²) >= 11 is 0. The zero-order valence-electron chi connectivity index (χ0n) is 15.8. The molecule has 1 aliphatic heterocycles. The summed E-state index contributed by atoms with van der Waals surface area (Å²) in [6.07, 6.45) is 0.214. The van der Waals surface area contributed by atoms with Gasteiger partial charge < -0.3 is 21.1 Å². The predicted octanol–water partition coefficient (Wildman–Crippen LogP) is 2.66. The highest BCUT2D eigenvalue weighted by atomic mass is 19.1. The third-order valence-corrected chi connectivity index (χ3v) is 5.11. The third kappa shape index (κ3) is 4.17. The lowest BCUT2D eigenvalue weighted by atomic mass is 9.85. The molecule has 3 atom stereocenters. The number of nitrogens with zero attached hydrogens (tertiary/aromatic N) is 4. The maximum Gasteiger partial charge on any atom is 0.407 e. The van der Waals surface area contributed by atoms with Crippen molar-refractivity contribution in [1.29, 1.82) is 5.26 Å². The fourth-order valence-corrected chi connectivity index (χ4v) is 3.73. The summed E-state index contributed by atoms with van der Waals surface area (Å²) in [5.41, 5.74) is 5.89. The molecule has 1 aromatic carbocycles. The number of aromatic nitrogens is 2. The molecular formula is C19H20F2N6O3. The number of carboxylic acid groups (broad SMARTS) is 1. The van der Waals surface area contributed by atoms with Crippen molar-refractivity contribution in [2.24, 2.45) is 11.7 Å². The van der Waals surface area contributed by atoms with Crippen LogP contribution in [0.4, 0.5) is 25.1 Å². The highest BCUT2D eigenvalue weighted by molar-refractivity contribution is 5.98. The lowest BCUT2D eigenvalue weighted by molar-refractivity contribution is 0.0546. The zero-order chi connectivity index (χ0) is 21.8. The first-order valence-electron chi connectivity index (χ1n) is 9.22. The van der Waals surface area contributed by atoms with Gasteiger partial charge in [0.2, 0.25) is 0 Å². The van der Waals surface area contributed by atoms with Crippen molar-refractivity contribution in [3.63, 3.8) is 0 Å². The van der Waals surface area contributed by atoms with E-state index in [9.17, 15) is 28.7 Å². The third-order valence-electron chi connectivity index (χ3n) is 5.11. The Labute approximate surface area is 170 Å². The number of nitriles is 1. The van der Waals surface area contributed by atoms with Gasteiger partial charge in [0.05, 0.1) is 30.7 Å². The minimum absolute atomic E-state index is 0.00228. The molecule has 1 aliphatic rings. The second-order valence-electron chi connectivity index (χ2n) is 6.90. The second-order valence-corrected chi connectivity index (χ2v) is 6.90. The molecule has 1 saturated heterocycles. The molecule has 0 saturated carbocycles. The van der Waals surface area contributed by atoms with Crippen LogP contribution in [0.1, 0.15) is 29.2 Å². The van der Waals surface area contributed by atoms with Gasteiger partial charge in [-0.3, -0.25) is 13.9 Å². The van der Waals surface area contributed by atoms with E-state index in [0.717, 1.165) is 4.90 Å². The first-order chi connectivity index (χ1) is 14.3. The Kier molecular flexibility index (Phi) is 6.15. The first-order valence-corrected chi connectivity index (χ1v) is 9.22. The maximum absolute atomic E-state index is 13.2. The van der Waals surface area contributed by atoms with E-state index < -0.39 is 42.5 Å². The van der Waals surface area contributed by atoms with E-state index >= 15 is 0 Å². The lowest BCUT2D eigenvalue weighted by Gasteiger charge is -2.41. The molecule has 0 spiro atoms. The van der Waals surface area contributed by atoms with Crippen molar-refractivity contribution < 1.29 is 23.5 Å². The minimum Gasteiger partial charge on any atom is -0.465 e. The van der Waals surface area contributed by atoms with Crippen molar-refractivity contribution >= 4 is 23.5 Å². The molecule has 2 aromatic rings. The molecule has 0 bridgehead atoms. The van der Waals surface area contributed by atoms with Gasteiger partial charge in [0.25, 0.3) is 5.91 Å². The van der Waals surface area contributed by atoms with Crippen LogP contribution in [0.15, 0.2) is 30.5 Å². The predicted molar refractivity (Wildman–Crippen MR) is 102 cm³/mol. The maximum atomic E-state index is 13.2. The molecule has 9 nitrogen and oxygen atoms in total. The Bertz CT molecular complexity index is 972. The van der Waals surface area contributed by atoms with Crippen LogP contribution in [-0.4, -0.2) is 51.0 Å². The number of amides is 2. The second kappa shape index (κ2) is 8.77. The quantitative estimate of drug-likeness (QED) is 0.659. The van der Waals surface area contributed by atoms with Crippen LogP contribution in [0.25, 0.3) is 0 Å². The topological polar surface area (TPSA) is 137 Å². The van der Waals surface area contributed by atoms with Gasteiger partial charge in [0.1, 0.15) is 11.4 Å². The van der Waals surface area contributed by atoms with Crippen molar-refractivity contribution in [3.8, 4) is 6.07 Å². The van der Waals surface area contributed by atoms with Gasteiger partial charge in [0.15, 0.2) is 5.82 Å². The summed E-state index contributed by atoms with van der Waals surface area (Å²) in [5.74, 6) is -1.82. The fraction of sp³-hybridized carbons (Fsp3) is 0.368. The lowest BCUT2D eigenvalue weighted by Crippen LogP contribution is -2.52. The average Bonchev–Trinajstić information content (AvgIpc) is 3.13. The number of anilines is 2. The number of hydrogen-bond acceptors (Lipinski definition) is 5. The monoisotopic (exact) mass is 418 g/mol. The number of carbonyl (C=O) groups excluding carboxylic acids is 1. The van der Waals surface area contributed by atoms with E-state index in [1.807, 2.05) is 0 Å². The number of hydrogen-bond donors (Lipinski definition) is 3. The highest BCUT2D eigenvalue weighted by Gasteiger charge is 2.42. The Morgan fingerprint density at radius 1 is 1.37 bits per heavy atom. The Morgan fingerprint density at radius 3 is 2.63 bits per heavy atom. The number of nitrogens with one attached hydrogen (secondary N) is 1. The largest absolute Gasteiger partial charge is 0.465 e. The normalized spacial score (nSPS) is 21.1. The van der Waals surface area contributed by atoms with Crippen LogP contribution < -0.4 is 11.1 Å². The van der Waals surface area contributed by atoms with Gasteiger partial charge in [-0.05, 0) is 37.1 Å². The van der Waals surface area contributed by atoms with Crippen molar-refractivity contribution in [2.75, 3.05) is 18.5 Å². The van der Waals surface area contributed by atoms with Gasteiger partial charge in [-0.2, -0.15) is 10.4 Å². The molecule has 2 amide bonds. The highest BCUT2D eigenvalue weighted by Crippen LogP contribution is 2.36. The molecule has 11 heteroatoms. The molecule has 1 unspecified atom stereocenters. The molecular weight excluding hydrogens is 398 g/mol. The smallest absolute Gasteiger partial charge is 0.407 e. The number of primary amides is 1. The molecule has 30 heavy (non-hydrogen) atoms. The van der Waals surface area contributed by atoms with Crippen LogP contribution in [0.5, 0.6) is 0 Å². The van der Waals surface area contributed by atoms with Crippen LogP contribution >= 0.6 is 0 Å². The van der Waals surface area contributed by atoms with E-state index in [-0.39, 0.29) is 30.8 Å². The van der Waals surface area contributed by atoms with Gasteiger partial charge in [-0.1, -0.05) is 0 Å². The molecule has 2 heterocycles. The molecule has 1 aromatic heterocycles. The summed E-state index contributed by atoms with van der Waals surface area (Å²) in [6, 6.07) is 5.80. The standard InChI is InChI=1S/C19H20F2N6O3/c20-7-5-15-16(11(9-22)6-8-26(15)19(29)30)27-10-14(17(23)28)18(25-27)24-13-3-1-12(21)2-4-13/h1-4,10-11,15-16H,5-8H2,(H2,23,28)(H,24,25)(H,29,30)/t11-,15?,16-/m1/s1. The Morgan fingerprint density at radius 2 is 2.07 bits per heavy atom. The van der Waals surface area contributed by atoms with Gasteiger partial charge in [-0.25, -0.2) is 9.18 Å². The summed E-state index contributed by atoms with van der Waals surface area (Å²) in [7, 11) is 0. The van der Waals surface area contributed by atoms with E-state index in [4.69, 9.17) is 5.73 Å². The van der Waals surface area contributed by atoms with Crippen LogP contribution in [0, 0.1) is 23.1 Å². The zero-order valence-corrected chi connectivity index (χ0v) is 15.8. The minimum atomic E-state index is -1.22. The number of nitrogens with two attached hydrogens (primary N) is 1. The molecule has 4 N–H and O–H groups in total. The van der Waals surface area contributed by atoms with Crippen LogP contribution in [0.2, 0.25) is 0 Å². The van der Waals surface area contributed by atoms with Gasteiger partial charge >= 0.3 is 6.09 Å². The number of likely N-dealkylation sites (tertiary alicyclic amines) is 1. The Hall–Kier alpha value is -3.68. The number of alkyl halides is 1. The average molecular weight is 418 g/mol. The van der Waals surface area contributed by atoms with E-state index in [1.54, 1.807) is 0 Å². The first kappa shape index (κ1) is 21.0. The van der Waals surface area contributed by atoms with E-state index in [0.29, 0.717) is 5.69 Å². The number of piperidine rings is 1. The molecule has 0 aliphatic carbocycles. The Balaban J connectivity index is 2.02. The summed E-state index contributed by atoms with van der Waals surface area (Å²) < 4.78 is 27.7. The summed E-state index contributed by atoms with van der Waals surface area (Å²) in [4.78, 5) is 24.7. The molecule has 0 radical (unpaired) electrons. The number of rotatable bonds is 6. The molecule has 1 fully saturated rings. The van der Waals surface area contributed by atoms with Crippen molar-refractivity contribution in [2.45, 2.75) is 24.9 Å². The van der Waals surface area contributed by atoms with E-state index in [1.165, 1.54) is 35.1 Å². The van der Waals surface area contributed by atoms with Gasteiger partial charge in [-0.15, -0.1) is 0 Å². The molecule has 3 rings (SSSR count). The van der Waals surface area contributed by atoms with Gasteiger partial charge in [0, 0.05) is 18.4 Å². The number of carbonyl (C=O) groups is 2. The SMILES string of the molecule is N#C[C@H]1CCN(C(=O)O)C(CCF)[C@@H]1n1cc(C(N)=O)c(Nc2ccc(F)cc2)n1. The summed E-state index contributed by atoms with van der Waals surface area (Å²) in [5, 5.41) is 26.3. The summed E-state index contributed by atoms with van der Waals surface area (Å²) in [6.45, 7) is -0.687. The number of halogens is 2. The van der Waals surface area contributed by atoms with E-state index in [2.05, 4.69) is 16.5 Å². The van der Waals surface area contributed by atoms with Crippen LogP contribution in [0.3, 0.4) is 0 Å². The van der Waals surface area contributed by atoms with Crippen molar-refractivity contribution in [3.05, 3.63) is 41.8 Å². The molecule has 158 valence electrons. The fourth-order valence-electron chi connectivity index (χ4n) is 3.73.